The second kappa shape index (κ2) is 1.89. The summed E-state index contributed by atoms with van der Waals surface area (Å²) in [5, 5.41) is 0. The number of halogens is 1. The van der Waals surface area contributed by atoms with Gasteiger partial charge in [0.2, 0.25) is 0 Å². The summed E-state index contributed by atoms with van der Waals surface area (Å²) >= 11 is 0. The highest BCUT2D eigenvalue weighted by Crippen LogP contribution is 1.89. The molecule has 1 rings (SSSR count). The molecule has 3 nitrogen and oxygen atoms in total. The largest absolute Gasteiger partial charge is 0.394 e. The van der Waals surface area contributed by atoms with Crippen LogP contribution in [0.2, 0.25) is 0 Å². The van der Waals surface area contributed by atoms with Gasteiger partial charge in [0.05, 0.1) is 0 Å². The highest BCUT2D eigenvalue weighted by atomic mass is 19.2. The van der Waals surface area contributed by atoms with Crippen molar-refractivity contribution in [3.8, 4) is 0 Å². The van der Waals surface area contributed by atoms with Crippen LogP contribution in [0.5, 0.6) is 0 Å². The van der Waals surface area contributed by atoms with Gasteiger partial charge in [-0.25, -0.2) is 0 Å². The summed E-state index contributed by atoms with van der Waals surface area (Å²) in [7, 11) is 0. The molecule has 0 spiro atoms. The molecule has 2 N–H and O–H groups in total. The fourth-order valence-corrected chi connectivity index (χ4v) is 0.485. The second-order valence-electron chi connectivity index (χ2n) is 1.58. The van der Waals surface area contributed by atoms with Gasteiger partial charge in [-0.3, -0.25) is 4.79 Å². The minimum atomic E-state index is -0.808. The van der Waals surface area contributed by atoms with Gasteiger partial charge in [0.1, 0.15) is 5.69 Å². The highest BCUT2D eigenvalue weighted by Gasteiger charge is 1.93. The van der Waals surface area contributed by atoms with E-state index in [1.165, 1.54) is 12.1 Å². The molecule has 0 aromatic carbocycles. The van der Waals surface area contributed by atoms with Crippen LogP contribution in [0.1, 0.15) is 0 Å². The lowest BCUT2D eigenvalue weighted by atomic mass is 10.4. The van der Waals surface area contributed by atoms with Gasteiger partial charge in [0.25, 0.3) is 0 Å². The van der Waals surface area contributed by atoms with Gasteiger partial charge < -0.3 is 5.73 Å². The third-order valence-electron chi connectivity index (χ3n) is 0.934. The fourth-order valence-electron chi connectivity index (χ4n) is 0.485. The fraction of sp³-hybridized carbons (Fsp3) is 0. The molecule has 0 aliphatic rings. The summed E-state index contributed by atoms with van der Waals surface area (Å²) in [6.45, 7) is 0. The van der Waals surface area contributed by atoms with Gasteiger partial charge in [0.15, 0.2) is 0 Å². The van der Waals surface area contributed by atoms with Gasteiger partial charge in [-0.2, -0.15) is 0 Å². The van der Waals surface area contributed by atoms with E-state index in [1.807, 2.05) is 0 Å². The number of nitrogens with two attached hydrogens (primary N) is 1. The van der Waals surface area contributed by atoms with Crippen molar-refractivity contribution < 1.29 is 4.48 Å². The normalized spacial score (nSPS) is 9.44. The molecule has 9 heavy (non-hydrogen) atoms. The molecule has 1 heterocycles. The minimum absolute atomic E-state index is 0.0602. The number of anilines is 1. The monoisotopic (exact) mass is 128 g/mol. The molecule has 4 heteroatoms. The van der Waals surface area contributed by atoms with Crippen LogP contribution in [0.4, 0.5) is 10.2 Å². The van der Waals surface area contributed by atoms with Crippen LogP contribution >= 0.6 is 0 Å². The first kappa shape index (κ1) is 5.81. The average molecular weight is 128 g/mol. The second-order valence-corrected chi connectivity index (χ2v) is 1.58. The standard InChI is InChI=1S/C5H5FN2O/c6-8-3-1-2-4(7)5(8)9/h1-3H,7H2. The van der Waals surface area contributed by atoms with E-state index >= 15 is 0 Å². The van der Waals surface area contributed by atoms with E-state index in [4.69, 9.17) is 5.73 Å². The predicted octanol–water partition coefficient (Wildman–Crippen LogP) is 0.163. The molecular weight excluding hydrogens is 123 g/mol. The molecule has 1 aromatic rings. The SMILES string of the molecule is Nc1cccn(F)c1=O. The van der Waals surface area contributed by atoms with E-state index in [1.54, 1.807) is 0 Å². The van der Waals surface area contributed by atoms with E-state index in [9.17, 15) is 9.28 Å². The molecule has 48 valence electrons. The number of rotatable bonds is 0. The Bertz CT molecular complexity index is 245. The van der Waals surface area contributed by atoms with Gasteiger partial charge in [-0.05, 0) is 12.1 Å². The molecule has 0 saturated heterocycles. The Hall–Kier alpha value is -1.32. The first-order chi connectivity index (χ1) is 4.22. The van der Waals surface area contributed by atoms with E-state index in [2.05, 4.69) is 0 Å². The predicted molar refractivity (Wildman–Crippen MR) is 31.6 cm³/mol. The molecule has 0 aliphatic heterocycles. The molecular formula is C5H5FN2O. The van der Waals surface area contributed by atoms with Crippen LogP contribution in [0.15, 0.2) is 23.1 Å². The zero-order chi connectivity index (χ0) is 6.85. The van der Waals surface area contributed by atoms with Crippen molar-refractivity contribution in [3.05, 3.63) is 28.7 Å². The van der Waals surface area contributed by atoms with Gasteiger partial charge in [0, 0.05) is 6.20 Å². The Morgan fingerprint density at radius 3 is 2.78 bits per heavy atom. The van der Waals surface area contributed by atoms with Crippen molar-refractivity contribution in [3.63, 3.8) is 0 Å². The van der Waals surface area contributed by atoms with Crippen molar-refractivity contribution >= 4 is 5.69 Å². The molecule has 0 radical (unpaired) electrons. The van der Waals surface area contributed by atoms with Crippen molar-refractivity contribution in [2.24, 2.45) is 0 Å². The summed E-state index contributed by atoms with van der Waals surface area (Å²) in [6, 6.07) is 2.70. The molecule has 1 aromatic heterocycles. The Morgan fingerprint density at radius 2 is 2.33 bits per heavy atom. The molecule has 0 amide bonds. The minimum Gasteiger partial charge on any atom is -0.394 e. The highest BCUT2D eigenvalue weighted by molar-refractivity contribution is 5.32. The number of hydrogen-bond donors (Lipinski definition) is 1. The maximum atomic E-state index is 12.1. The number of hydrogen-bond acceptors (Lipinski definition) is 2. The van der Waals surface area contributed by atoms with Crippen molar-refractivity contribution in [2.45, 2.75) is 0 Å². The molecule has 0 fully saturated rings. The Morgan fingerprint density at radius 1 is 1.67 bits per heavy atom. The molecule has 0 bridgehead atoms. The van der Waals surface area contributed by atoms with Crippen molar-refractivity contribution in [1.29, 1.82) is 0 Å². The lowest BCUT2D eigenvalue weighted by Crippen LogP contribution is -2.15. The first-order valence-corrected chi connectivity index (χ1v) is 2.35. The van der Waals surface area contributed by atoms with Crippen LogP contribution < -0.4 is 11.3 Å². The van der Waals surface area contributed by atoms with Crippen molar-refractivity contribution in [2.75, 3.05) is 5.73 Å². The quantitative estimate of drug-likeness (QED) is 0.541. The van der Waals surface area contributed by atoms with Crippen LogP contribution in [0.25, 0.3) is 0 Å². The average Bonchev–Trinajstić information content (AvgIpc) is 1.83. The summed E-state index contributed by atoms with van der Waals surface area (Å²) in [4.78, 5) is 10.4. The Labute approximate surface area is 50.5 Å². The summed E-state index contributed by atoms with van der Waals surface area (Å²) in [5.74, 6) is 0. The van der Waals surface area contributed by atoms with Gasteiger partial charge in [-0.15, -0.1) is 4.79 Å². The zero-order valence-corrected chi connectivity index (χ0v) is 4.54. The first-order valence-electron chi connectivity index (χ1n) is 2.35. The number of nitrogens with zero attached hydrogens (tertiary/aromatic N) is 1. The lowest BCUT2D eigenvalue weighted by molar-refractivity contribution is 0.353. The smallest absolute Gasteiger partial charge is 0.301 e. The Balaban J connectivity index is 3.43. The van der Waals surface area contributed by atoms with Gasteiger partial charge in [-0.1, -0.05) is 4.48 Å². The number of nitrogen functional groups attached to an aromatic ring is 1. The summed E-state index contributed by atoms with van der Waals surface area (Å²) in [5.41, 5.74) is 4.16. The van der Waals surface area contributed by atoms with Crippen LogP contribution in [0, 0.1) is 0 Å². The van der Waals surface area contributed by atoms with E-state index in [0.717, 1.165) is 6.20 Å². The Kier molecular flexibility index (Phi) is 1.22. The lowest BCUT2D eigenvalue weighted by Gasteiger charge is -1.90. The van der Waals surface area contributed by atoms with E-state index in [0.29, 0.717) is 0 Å². The maximum Gasteiger partial charge on any atom is 0.301 e. The third kappa shape index (κ3) is 0.910. The van der Waals surface area contributed by atoms with Crippen LogP contribution in [0.3, 0.4) is 0 Å². The van der Waals surface area contributed by atoms with E-state index < -0.39 is 5.56 Å². The number of aromatic nitrogens is 1. The van der Waals surface area contributed by atoms with Crippen LogP contribution in [-0.4, -0.2) is 4.79 Å². The molecule has 0 atom stereocenters. The summed E-state index contributed by atoms with van der Waals surface area (Å²) < 4.78 is 12.1. The van der Waals surface area contributed by atoms with E-state index in [-0.39, 0.29) is 10.5 Å². The third-order valence-corrected chi connectivity index (χ3v) is 0.934. The molecule has 0 saturated carbocycles. The summed E-state index contributed by atoms with van der Waals surface area (Å²) in [6.07, 6.45) is 0.999. The molecule has 0 unspecified atom stereocenters. The maximum absolute atomic E-state index is 12.1. The van der Waals surface area contributed by atoms with Crippen molar-refractivity contribution in [1.82, 2.24) is 4.79 Å². The van der Waals surface area contributed by atoms with Gasteiger partial charge >= 0.3 is 5.56 Å². The van der Waals surface area contributed by atoms with Crippen LogP contribution in [-0.2, 0) is 0 Å². The number of pyridine rings is 1. The zero-order valence-electron chi connectivity index (χ0n) is 4.54. The molecule has 0 aliphatic carbocycles. The topological polar surface area (TPSA) is 48.0 Å².